The minimum atomic E-state index is -4.80. The summed E-state index contributed by atoms with van der Waals surface area (Å²) in [4.78, 5) is 41.3. The molecule has 0 saturated carbocycles. The van der Waals surface area contributed by atoms with E-state index < -0.39 is 75.0 Å². The molecule has 0 radical (unpaired) electrons. The third-order valence-corrected chi connectivity index (χ3v) is 9.03. The van der Waals surface area contributed by atoms with Crippen molar-refractivity contribution >= 4 is 41.7 Å². The highest BCUT2D eigenvalue weighted by Gasteiger charge is 2.55. The summed E-state index contributed by atoms with van der Waals surface area (Å²) in [7, 11) is -4.80. The average Bonchev–Trinajstić information content (AvgIpc) is 3.70. The lowest BCUT2D eigenvalue weighted by atomic mass is 10.1. The monoisotopic (exact) mass is 611 g/mol. The molecule has 0 amide bonds. The Morgan fingerprint density at radius 3 is 2.55 bits per heavy atom. The summed E-state index contributed by atoms with van der Waals surface area (Å²) in [6, 6.07) is 0. The minimum Gasteiger partial charge on any atom is -0.394 e. The molecule has 1 unspecified atom stereocenters. The second-order valence-electron chi connectivity index (χ2n) is 9.70. The second-order valence-corrected chi connectivity index (χ2v) is 11.7. The number of ether oxygens (including phenoxy) is 2. The smallest absolute Gasteiger partial charge is 0.338 e. The fourth-order valence-corrected chi connectivity index (χ4v) is 6.74. The molecule has 2 aliphatic heterocycles. The number of rotatable bonds is 8. The normalized spacial score (nSPS) is 31.3. The van der Waals surface area contributed by atoms with Crippen molar-refractivity contribution in [3.8, 4) is 0 Å². The van der Waals surface area contributed by atoms with Gasteiger partial charge in [0.25, 0.3) is 5.56 Å². The van der Waals surface area contributed by atoms with Gasteiger partial charge in [-0.3, -0.25) is 18.9 Å². The average molecular weight is 611 g/mol. The SMILES string of the molecule is Nc1nc2c(nnn2[C@@H]2O[C@H](CO)[C@@H](O)[C@H]2P(=O)(O)OCC[C@H]2O[C@@H](n3cnc4c(N)ncnc43)[C@H](O)[C@@H]2O)c(=O)[nH]1. The number of fused-ring (bicyclic) bond motifs is 2. The number of nitrogens with zero attached hydrogens (tertiary/aromatic N) is 8. The minimum absolute atomic E-state index is 0.111. The van der Waals surface area contributed by atoms with E-state index in [0.717, 1.165) is 4.68 Å². The van der Waals surface area contributed by atoms with Crippen LogP contribution in [0.4, 0.5) is 11.8 Å². The number of imidazole rings is 1. The van der Waals surface area contributed by atoms with E-state index in [-0.39, 0.29) is 40.5 Å². The number of aliphatic hydroxyl groups excluding tert-OH is 4. The summed E-state index contributed by atoms with van der Waals surface area (Å²) < 4.78 is 32.4. The number of aliphatic hydroxyl groups is 4. The van der Waals surface area contributed by atoms with E-state index in [0.29, 0.717) is 0 Å². The maximum atomic E-state index is 13.5. The highest BCUT2D eigenvalue weighted by atomic mass is 31.2. The molecule has 0 aliphatic carbocycles. The van der Waals surface area contributed by atoms with Crippen LogP contribution in [0.3, 0.4) is 0 Å². The fraction of sp³-hybridized carbons (Fsp3) is 0.550. The highest BCUT2D eigenvalue weighted by molar-refractivity contribution is 7.53. The Morgan fingerprint density at radius 2 is 1.79 bits per heavy atom. The fourth-order valence-electron chi connectivity index (χ4n) is 5.10. The van der Waals surface area contributed by atoms with Crippen LogP contribution in [0.15, 0.2) is 17.4 Å². The number of aromatic nitrogens is 9. The van der Waals surface area contributed by atoms with Gasteiger partial charge in [-0.05, 0) is 0 Å². The first-order valence-corrected chi connectivity index (χ1v) is 14.1. The Hall–Kier alpha value is -3.66. The lowest BCUT2D eigenvalue weighted by Gasteiger charge is -2.25. The van der Waals surface area contributed by atoms with Crippen molar-refractivity contribution in [3.63, 3.8) is 0 Å². The molecule has 4 aromatic rings. The zero-order valence-electron chi connectivity index (χ0n) is 21.4. The summed E-state index contributed by atoms with van der Waals surface area (Å²) in [5.74, 6) is -0.177. The molecule has 9 atom stereocenters. The van der Waals surface area contributed by atoms with Gasteiger partial charge in [0.15, 0.2) is 35.1 Å². The lowest BCUT2D eigenvalue weighted by Crippen LogP contribution is -2.35. The molecule has 2 fully saturated rings. The largest absolute Gasteiger partial charge is 0.394 e. The van der Waals surface area contributed by atoms with Gasteiger partial charge in [0, 0.05) is 6.42 Å². The van der Waals surface area contributed by atoms with Gasteiger partial charge in [-0.15, -0.1) is 5.10 Å². The van der Waals surface area contributed by atoms with Gasteiger partial charge in [0.2, 0.25) is 5.95 Å². The predicted molar refractivity (Wildman–Crippen MR) is 137 cm³/mol. The summed E-state index contributed by atoms with van der Waals surface area (Å²) >= 11 is 0. The van der Waals surface area contributed by atoms with Gasteiger partial charge in [-0.2, -0.15) is 9.67 Å². The van der Waals surface area contributed by atoms with Crippen LogP contribution >= 0.6 is 7.60 Å². The number of nitrogens with two attached hydrogens (primary N) is 2. The van der Waals surface area contributed by atoms with Crippen molar-refractivity contribution in [2.45, 2.75) is 55.1 Å². The predicted octanol–water partition coefficient (Wildman–Crippen LogP) is -3.65. The van der Waals surface area contributed by atoms with Gasteiger partial charge in [-0.25, -0.2) is 15.0 Å². The van der Waals surface area contributed by atoms with E-state index in [1.165, 1.54) is 17.2 Å². The number of H-pyrrole nitrogens is 1. The molecule has 0 spiro atoms. The molecule has 10 N–H and O–H groups in total. The number of hydrogen-bond donors (Lipinski definition) is 8. The third kappa shape index (κ3) is 4.60. The topological polar surface area (TPSA) is 318 Å². The van der Waals surface area contributed by atoms with Crippen molar-refractivity contribution in [2.75, 3.05) is 24.7 Å². The van der Waals surface area contributed by atoms with Crippen molar-refractivity contribution in [2.24, 2.45) is 0 Å². The molecule has 6 rings (SSSR count). The van der Waals surface area contributed by atoms with E-state index in [4.69, 9.17) is 25.5 Å². The van der Waals surface area contributed by atoms with Crippen molar-refractivity contribution in [1.29, 1.82) is 0 Å². The van der Waals surface area contributed by atoms with Crippen molar-refractivity contribution in [1.82, 2.24) is 44.5 Å². The molecule has 226 valence electrons. The number of nitrogens with one attached hydrogen (secondary N) is 1. The van der Waals surface area contributed by atoms with Crippen LogP contribution in [0.1, 0.15) is 18.9 Å². The molecule has 0 aromatic carbocycles. The molecule has 0 bridgehead atoms. The number of hydrogen-bond acceptors (Lipinski definition) is 17. The molecule has 21 nitrogen and oxygen atoms in total. The summed E-state index contributed by atoms with van der Waals surface area (Å²) in [5, 5.41) is 49.2. The van der Waals surface area contributed by atoms with Crippen LogP contribution in [0, 0.1) is 0 Å². The molecule has 22 heteroatoms. The van der Waals surface area contributed by atoms with E-state index in [2.05, 4.69) is 35.2 Å². The van der Waals surface area contributed by atoms with Crippen molar-refractivity contribution < 1.29 is 43.9 Å². The summed E-state index contributed by atoms with van der Waals surface area (Å²) in [6.45, 7) is -1.20. The first-order valence-electron chi connectivity index (χ1n) is 12.5. The Balaban J connectivity index is 1.19. The zero-order valence-corrected chi connectivity index (χ0v) is 22.2. The van der Waals surface area contributed by atoms with Gasteiger partial charge in [0.05, 0.1) is 25.6 Å². The van der Waals surface area contributed by atoms with E-state index in [9.17, 15) is 34.7 Å². The van der Waals surface area contributed by atoms with Gasteiger partial charge >= 0.3 is 7.60 Å². The number of anilines is 2. The standard InChI is InChI=1S/C20H26N11O10P/c21-14-8-15(24-4-23-14)30(5-25-8)18-12(35)10(33)6(40-18)1-2-39-42(37,38)13-11(34)7(3-32)41-19(13)31-16-9(28-29-31)17(36)27-20(22)26-16/h4-7,10-13,18-19,32-35H,1-3H2,(H,37,38)(H2,21,23,24)(H3,22,26,27,36)/t6-,7-,10-,11-,12-,13-,18-,19-/m1/s1. The lowest BCUT2D eigenvalue weighted by molar-refractivity contribution is -0.0478. The number of nitrogen functional groups attached to an aromatic ring is 2. The van der Waals surface area contributed by atoms with Crippen LogP contribution < -0.4 is 17.0 Å². The Morgan fingerprint density at radius 1 is 1.02 bits per heavy atom. The van der Waals surface area contributed by atoms with Gasteiger partial charge in [0.1, 0.15) is 41.9 Å². The van der Waals surface area contributed by atoms with E-state index in [1.54, 1.807) is 0 Å². The summed E-state index contributed by atoms with van der Waals surface area (Å²) in [6.07, 6.45) is -7.22. The Labute approximate surface area is 233 Å². The second kappa shape index (κ2) is 10.6. The first kappa shape index (κ1) is 28.5. The Bertz CT molecular complexity index is 1730. The first-order chi connectivity index (χ1) is 20.0. The summed E-state index contributed by atoms with van der Waals surface area (Å²) in [5.41, 5.74) is 9.06. The van der Waals surface area contributed by atoms with Gasteiger partial charge < -0.3 is 50.8 Å². The Kier molecular flexibility index (Phi) is 7.15. The molecule has 2 saturated heterocycles. The van der Waals surface area contributed by atoms with E-state index in [1.807, 2.05) is 0 Å². The molecule has 6 heterocycles. The molecule has 2 aliphatic rings. The molecular formula is C20H26N11O10P. The third-order valence-electron chi connectivity index (χ3n) is 7.16. The number of aromatic amines is 1. The van der Waals surface area contributed by atoms with Crippen LogP contribution in [0.25, 0.3) is 22.3 Å². The molecule has 4 aromatic heterocycles. The van der Waals surface area contributed by atoms with Crippen LogP contribution in [-0.4, -0.2) is 119 Å². The maximum absolute atomic E-state index is 13.5. The van der Waals surface area contributed by atoms with Crippen molar-refractivity contribution in [3.05, 3.63) is 23.0 Å². The molecular weight excluding hydrogens is 585 g/mol. The highest BCUT2D eigenvalue weighted by Crippen LogP contribution is 2.57. The van der Waals surface area contributed by atoms with Crippen LogP contribution in [-0.2, 0) is 18.6 Å². The van der Waals surface area contributed by atoms with Crippen LogP contribution in [0.2, 0.25) is 0 Å². The molecule has 42 heavy (non-hydrogen) atoms. The van der Waals surface area contributed by atoms with Crippen LogP contribution in [0.5, 0.6) is 0 Å². The van der Waals surface area contributed by atoms with E-state index >= 15 is 0 Å². The quantitative estimate of drug-likeness (QED) is 0.0890. The maximum Gasteiger partial charge on any atom is 0.338 e. The zero-order chi connectivity index (χ0) is 29.9. The van der Waals surface area contributed by atoms with Gasteiger partial charge in [-0.1, -0.05) is 5.21 Å².